The van der Waals surface area contributed by atoms with E-state index in [4.69, 9.17) is 15.0 Å². The second kappa shape index (κ2) is 14.3. The van der Waals surface area contributed by atoms with Crippen LogP contribution in [-0.2, 0) is 0 Å². The number of hydrogen-bond donors (Lipinski definition) is 0. The van der Waals surface area contributed by atoms with E-state index in [1.807, 2.05) is 30.3 Å². The number of pyridine rings is 1. The Kier molecular flexibility index (Phi) is 8.13. The zero-order chi connectivity index (χ0) is 40.3. The van der Waals surface area contributed by atoms with Crippen LogP contribution in [0.4, 0.5) is 0 Å². The van der Waals surface area contributed by atoms with E-state index in [2.05, 4.69) is 193 Å². The molecule has 0 fully saturated rings. The zero-order valence-corrected chi connectivity index (χ0v) is 33.1. The van der Waals surface area contributed by atoms with Gasteiger partial charge in [0.1, 0.15) is 0 Å². The lowest BCUT2D eigenvalue weighted by Crippen LogP contribution is -1.95. The summed E-state index contributed by atoms with van der Waals surface area (Å²) in [5.41, 5.74) is 15.0. The number of rotatable bonds is 6. The second-order valence-electron chi connectivity index (χ2n) is 15.5. The summed E-state index contributed by atoms with van der Waals surface area (Å²) in [7, 11) is 0. The molecule has 3 heterocycles. The van der Waals surface area contributed by atoms with E-state index in [-0.39, 0.29) is 0 Å². The number of aromatic nitrogens is 4. The molecule has 0 N–H and O–H groups in total. The van der Waals surface area contributed by atoms with Crippen LogP contribution in [-0.4, -0.2) is 19.5 Å². The predicted octanol–water partition coefficient (Wildman–Crippen LogP) is 14.8. The average molecular weight is 777 g/mol. The van der Waals surface area contributed by atoms with E-state index >= 15 is 0 Å². The summed E-state index contributed by atoms with van der Waals surface area (Å²) in [4.78, 5) is 15.6. The molecule has 0 amide bonds. The maximum absolute atomic E-state index is 5.64. The molecule has 284 valence electrons. The molecule has 0 spiro atoms. The molecule has 4 heteroatoms. The Hall–Kier alpha value is -8.21. The highest BCUT2D eigenvalue weighted by atomic mass is 15.0. The van der Waals surface area contributed by atoms with E-state index in [9.17, 15) is 0 Å². The van der Waals surface area contributed by atoms with E-state index in [1.165, 1.54) is 32.6 Å². The van der Waals surface area contributed by atoms with Gasteiger partial charge in [0.15, 0.2) is 5.82 Å². The van der Waals surface area contributed by atoms with Crippen LogP contribution in [0.3, 0.4) is 0 Å². The van der Waals surface area contributed by atoms with Gasteiger partial charge in [-0.15, -0.1) is 0 Å². The van der Waals surface area contributed by atoms with Crippen LogP contribution in [0.15, 0.2) is 218 Å². The molecule has 0 aliphatic heterocycles. The van der Waals surface area contributed by atoms with E-state index in [1.54, 1.807) is 0 Å². The van der Waals surface area contributed by atoms with Gasteiger partial charge in [-0.3, -0.25) is 0 Å². The standard InChI is InChI=1S/C57H36N4/c1-4-15-40(16-5-1)55-53-45(35-36-51-52(53)48-22-11-13-26-50(48)61(51)43-19-8-3-9-20-43)46-24-14-23-44(56(46)59-55)39-31-27-37(28-32-39)38-29-33-41(34-30-38)54-47-21-10-12-25-49(47)58-57(60-54)42-17-6-2-7-18-42/h1-36H. The van der Waals surface area contributed by atoms with Crippen LogP contribution in [0.2, 0.25) is 0 Å². The van der Waals surface area contributed by atoms with Gasteiger partial charge in [-0.05, 0) is 52.4 Å². The fourth-order valence-electron chi connectivity index (χ4n) is 9.15. The monoisotopic (exact) mass is 776 g/mol. The Morgan fingerprint density at radius 1 is 0.295 bits per heavy atom. The van der Waals surface area contributed by atoms with Crippen molar-refractivity contribution in [2.45, 2.75) is 0 Å². The topological polar surface area (TPSA) is 43.6 Å². The van der Waals surface area contributed by atoms with Crippen molar-refractivity contribution in [3.05, 3.63) is 218 Å². The Labute approximate surface area is 352 Å². The highest BCUT2D eigenvalue weighted by Crippen LogP contribution is 2.44. The molecule has 0 aliphatic carbocycles. The van der Waals surface area contributed by atoms with E-state index in [0.717, 1.165) is 83.6 Å². The first kappa shape index (κ1) is 34.8. The largest absolute Gasteiger partial charge is 0.309 e. The Balaban J connectivity index is 0.973. The number of para-hydroxylation sites is 4. The summed E-state index contributed by atoms with van der Waals surface area (Å²) in [6, 6.07) is 77.3. The molecule has 0 radical (unpaired) electrons. The van der Waals surface area contributed by atoms with Gasteiger partial charge in [0.05, 0.1) is 33.5 Å². The van der Waals surface area contributed by atoms with Crippen molar-refractivity contribution in [2.24, 2.45) is 0 Å². The number of benzene rings is 9. The first-order chi connectivity index (χ1) is 30.3. The number of hydrogen-bond acceptors (Lipinski definition) is 3. The fraction of sp³-hybridized carbons (Fsp3) is 0. The summed E-state index contributed by atoms with van der Waals surface area (Å²) in [6.07, 6.45) is 0. The SMILES string of the molecule is c1ccc(-c2nc(-c3ccc(-c4ccc(-c5cccc6c5nc(-c5ccccc5)c5c6ccc6c5c5ccccc5n6-c5ccccc5)cc4)cc3)c3ccccc3n2)cc1. The molecule has 0 bridgehead atoms. The number of fused-ring (bicyclic) bond motifs is 8. The second-order valence-corrected chi connectivity index (χ2v) is 15.5. The molecule has 61 heavy (non-hydrogen) atoms. The Bertz CT molecular complexity index is 3600. The summed E-state index contributed by atoms with van der Waals surface area (Å²) < 4.78 is 2.38. The van der Waals surface area contributed by atoms with Gasteiger partial charge in [-0.2, -0.15) is 0 Å². The maximum Gasteiger partial charge on any atom is 0.160 e. The highest BCUT2D eigenvalue weighted by Gasteiger charge is 2.21. The smallest absolute Gasteiger partial charge is 0.160 e. The minimum atomic E-state index is 0.727. The minimum Gasteiger partial charge on any atom is -0.309 e. The van der Waals surface area contributed by atoms with Crippen molar-refractivity contribution < 1.29 is 0 Å². The van der Waals surface area contributed by atoms with Crippen LogP contribution in [0.5, 0.6) is 0 Å². The van der Waals surface area contributed by atoms with Crippen LogP contribution in [0.1, 0.15) is 0 Å². The molecular formula is C57H36N4. The van der Waals surface area contributed by atoms with Gasteiger partial charge < -0.3 is 4.57 Å². The molecule has 0 saturated heterocycles. The maximum atomic E-state index is 5.64. The van der Waals surface area contributed by atoms with E-state index in [0.29, 0.717) is 0 Å². The highest BCUT2D eigenvalue weighted by molar-refractivity contribution is 6.29. The van der Waals surface area contributed by atoms with Crippen LogP contribution >= 0.6 is 0 Å². The molecule has 12 aromatic rings. The first-order valence-electron chi connectivity index (χ1n) is 20.7. The Morgan fingerprint density at radius 2 is 0.869 bits per heavy atom. The van der Waals surface area contributed by atoms with Crippen LogP contribution in [0.25, 0.3) is 116 Å². The van der Waals surface area contributed by atoms with Crippen LogP contribution < -0.4 is 0 Å². The third-order valence-corrected chi connectivity index (χ3v) is 12.0. The molecule has 0 aliphatic rings. The zero-order valence-electron chi connectivity index (χ0n) is 33.1. The molecule has 9 aromatic carbocycles. The van der Waals surface area contributed by atoms with Gasteiger partial charge in [0.25, 0.3) is 0 Å². The van der Waals surface area contributed by atoms with Crippen molar-refractivity contribution in [3.63, 3.8) is 0 Å². The van der Waals surface area contributed by atoms with Crippen molar-refractivity contribution in [1.82, 2.24) is 19.5 Å². The van der Waals surface area contributed by atoms with Crippen molar-refractivity contribution >= 4 is 54.4 Å². The summed E-state index contributed by atoms with van der Waals surface area (Å²) >= 11 is 0. The quantitative estimate of drug-likeness (QED) is 0.158. The van der Waals surface area contributed by atoms with Crippen molar-refractivity contribution in [2.75, 3.05) is 0 Å². The Morgan fingerprint density at radius 3 is 1.61 bits per heavy atom. The lowest BCUT2D eigenvalue weighted by molar-refractivity contribution is 1.18. The lowest BCUT2D eigenvalue weighted by atomic mass is 9.93. The van der Waals surface area contributed by atoms with Gasteiger partial charge in [0.2, 0.25) is 0 Å². The summed E-state index contributed by atoms with van der Waals surface area (Å²) in [6.45, 7) is 0. The third-order valence-electron chi connectivity index (χ3n) is 12.0. The molecule has 3 aromatic heterocycles. The number of nitrogens with zero attached hydrogens (tertiary/aromatic N) is 4. The van der Waals surface area contributed by atoms with Gasteiger partial charge >= 0.3 is 0 Å². The molecule has 0 saturated carbocycles. The molecule has 0 atom stereocenters. The van der Waals surface area contributed by atoms with Gasteiger partial charge in [-0.25, -0.2) is 15.0 Å². The van der Waals surface area contributed by atoms with Gasteiger partial charge in [-0.1, -0.05) is 188 Å². The van der Waals surface area contributed by atoms with Crippen molar-refractivity contribution in [3.8, 4) is 61.8 Å². The first-order valence-corrected chi connectivity index (χ1v) is 20.7. The summed E-state index contributed by atoms with van der Waals surface area (Å²) in [5.74, 6) is 0.727. The predicted molar refractivity (Wildman–Crippen MR) is 254 cm³/mol. The summed E-state index contributed by atoms with van der Waals surface area (Å²) in [5, 5.41) is 6.97. The normalized spacial score (nSPS) is 11.6. The van der Waals surface area contributed by atoms with Gasteiger partial charge in [0, 0.05) is 54.9 Å². The molecular weight excluding hydrogens is 741 g/mol. The molecule has 0 unspecified atom stereocenters. The lowest BCUT2D eigenvalue weighted by Gasteiger charge is -2.15. The van der Waals surface area contributed by atoms with Crippen LogP contribution in [0, 0.1) is 0 Å². The minimum absolute atomic E-state index is 0.727. The van der Waals surface area contributed by atoms with E-state index < -0.39 is 0 Å². The van der Waals surface area contributed by atoms with Crippen molar-refractivity contribution in [1.29, 1.82) is 0 Å². The molecule has 12 rings (SSSR count). The average Bonchev–Trinajstić information content (AvgIpc) is 3.69. The molecule has 4 nitrogen and oxygen atoms in total. The third kappa shape index (κ3) is 5.80. The fourth-order valence-corrected chi connectivity index (χ4v) is 9.15.